The Kier molecular flexibility index (Phi) is 8.04. The van der Waals surface area contributed by atoms with Crippen LogP contribution in [-0.2, 0) is 20.5 Å². The van der Waals surface area contributed by atoms with E-state index >= 15 is 0 Å². The number of morpholine rings is 1. The van der Waals surface area contributed by atoms with Crippen LogP contribution in [0.4, 0.5) is 13.2 Å². The van der Waals surface area contributed by atoms with Gasteiger partial charge in [-0.25, -0.2) is 0 Å². The van der Waals surface area contributed by atoms with Crippen molar-refractivity contribution >= 4 is 11.8 Å². The molecule has 6 nitrogen and oxygen atoms in total. The predicted molar refractivity (Wildman–Crippen MR) is 102 cm³/mol. The number of nitrogens with one attached hydrogen (secondary N) is 1. The molecule has 0 bridgehead atoms. The van der Waals surface area contributed by atoms with Gasteiger partial charge in [-0.3, -0.25) is 14.5 Å². The minimum atomic E-state index is -4.50. The fourth-order valence-electron chi connectivity index (χ4n) is 3.41. The average Bonchev–Trinajstić information content (AvgIpc) is 2.71. The zero-order valence-corrected chi connectivity index (χ0v) is 17.0. The van der Waals surface area contributed by atoms with E-state index in [0.717, 1.165) is 12.1 Å². The summed E-state index contributed by atoms with van der Waals surface area (Å²) in [5, 5.41) is 2.69. The summed E-state index contributed by atoms with van der Waals surface area (Å²) in [6.45, 7) is 7.98. The van der Waals surface area contributed by atoms with Crippen molar-refractivity contribution in [3.63, 3.8) is 0 Å². The average molecular weight is 415 g/mol. The summed E-state index contributed by atoms with van der Waals surface area (Å²) in [4.78, 5) is 29.0. The van der Waals surface area contributed by atoms with Gasteiger partial charge in [-0.2, -0.15) is 13.2 Å². The number of hydrogen-bond acceptors (Lipinski definition) is 4. The van der Waals surface area contributed by atoms with Gasteiger partial charge in [-0.05, 0) is 37.7 Å². The molecule has 0 saturated carbocycles. The summed E-state index contributed by atoms with van der Waals surface area (Å²) in [5.74, 6) is -0.730. The van der Waals surface area contributed by atoms with Gasteiger partial charge in [0.1, 0.15) is 12.1 Å². The van der Waals surface area contributed by atoms with E-state index in [4.69, 9.17) is 4.74 Å². The number of alkyl halides is 3. The first-order chi connectivity index (χ1) is 13.7. The molecule has 29 heavy (non-hydrogen) atoms. The molecular weight excluding hydrogens is 387 g/mol. The van der Waals surface area contributed by atoms with Crippen molar-refractivity contribution in [3.05, 3.63) is 35.4 Å². The van der Waals surface area contributed by atoms with E-state index < -0.39 is 29.7 Å². The molecule has 0 spiro atoms. The molecule has 2 amide bonds. The summed E-state index contributed by atoms with van der Waals surface area (Å²) in [7, 11) is 0. The number of amides is 2. The van der Waals surface area contributed by atoms with Gasteiger partial charge in [-0.1, -0.05) is 26.0 Å². The van der Waals surface area contributed by atoms with Crippen LogP contribution in [0.15, 0.2) is 24.3 Å². The predicted octanol–water partition coefficient (Wildman–Crippen LogP) is 2.45. The third kappa shape index (κ3) is 5.93. The van der Waals surface area contributed by atoms with Crippen LogP contribution in [-0.4, -0.2) is 67.0 Å². The molecule has 0 aromatic heterocycles. The summed E-state index contributed by atoms with van der Waals surface area (Å²) < 4.78 is 44.7. The number of hydrogen-bond donors (Lipinski definition) is 1. The largest absolute Gasteiger partial charge is 0.416 e. The first kappa shape index (κ1) is 23.2. The van der Waals surface area contributed by atoms with Crippen LogP contribution in [0.3, 0.4) is 0 Å². The second kappa shape index (κ2) is 10.1. The van der Waals surface area contributed by atoms with Crippen LogP contribution in [0, 0.1) is 0 Å². The van der Waals surface area contributed by atoms with Crippen LogP contribution in [0.5, 0.6) is 0 Å². The number of likely N-dealkylation sites (N-methyl/N-ethyl adjacent to an activating group) is 1. The molecule has 1 aromatic rings. The molecule has 1 heterocycles. The molecule has 1 saturated heterocycles. The van der Waals surface area contributed by atoms with Gasteiger partial charge in [0.25, 0.3) is 0 Å². The normalized spacial score (nSPS) is 17.1. The standard InChI is InChI=1S/C20H28F3N3O3/c1-4-25(5-2)17(15-7-6-8-16(13-15)20(21,22)23)18(27)24-14(3)19(28)26-9-11-29-12-10-26/h6-8,13-14,17H,4-5,9-12H2,1-3H3,(H,24,27)/t14-,17+/m1/s1. The monoisotopic (exact) mass is 415 g/mol. The lowest BCUT2D eigenvalue weighted by atomic mass is 10.0. The Bertz CT molecular complexity index is 702. The molecule has 1 fully saturated rings. The SMILES string of the molecule is CCN(CC)[C@H](C(=O)N[C@H](C)C(=O)N1CCOCC1)c1cccc(C(F)(F)F)c1. The highest BCUT2D eigenvalue weighted by atomic mass is 19.4. The van der Waals surface area contributed by atoms with Crippen molar-refractivity contribution in [2.45, 2.75) is 39.0 Å². The van der Waals surface area contributed by atoms with Crippen LogP contribution in [0.1, 0.15) is 37.9 Å². The van der Waals surface area contributed by atoms with Crippen molar-refractivity contribution in [1.82, 2.24) is 15.1 Å². The Morgan fingerprint density at radius 1 is 1.21 bits per heavy atom. The zero-order chi connectivity index (χ0) is 21.6. The highest BCUT2D eigenvalue weighted by Crippen LogP contribution is 2.32. The Morgan fingerprint density at radius 2 is 1.83 bits per heavy atom. The van der Waals surface area contributed by atoms with E-state index in [0.29, 0.717) is 39.4 Å². The van der Waals surface area contributed by atoms with Crippen molar-refractivity contribution in [3.8, 4) is 0 Å². The third-order valence-electron chi connectivity index (χ3n) is 5.01. The summed E-state index contributed by atoms with van der Waals surface area (Å²) in [5.41, 5.74) is -0.565. The molecule has 1 aromatic carbocycles. The van der Waals surface area contributed by atoms with Crippen LogP contribution >= 0.6 is 0 Å². The number of rotatable bonds is 7. The highest BCUT2D eigenvalue weighted by Gasteiger charge is 2.34. The van der Waals surface area contributed by atoms with Gasteiger partial charge >= 0.3 is 6.18 Å². The molecule has 0 aliphatic carbocycles. The van der Waals surface area contributed by atoms with E-state index in [1.807, 2.05) is 13.8 Å². The number of benzene rings is 1. The number of carbonyl (C=O) groups is 2. The van der Waals surface area contributed by atoms with Gasteiger partial charge in [0.2, 0.25) is 11.8 Å². The van der Waals surface area contributed by atoms with Gasteiger partial charge in [0.05, 0.1) is 18.8 Å². The number of nitrogens with zero attached hydrogens (tertiary/aromatic N) is 2. The molecule has 2 atom stereocenters. The van der Waals surface area contributed by atoms with E-state index in [2.05, 4.69) is 5.32 Å². The van der Waals surface area contributed by atoms with Gasteiger partial charge < -0.3 is 15.0 Å². The Morgan fingerprint density at radius 3 is 2.38 bits per heavy atom. The maximum atomic E-state index is 13.1. The first-order valence-electron chi connectivity index (χ1n) is 9.77. The van der Waals surface area contributed by atoms with Crippen LogP contribution in [0.2, 0.25) is 0 Å². The summed E-state index contributed by atoms with van der Waals surface area (Å²) in [6, 6.07) is 3.07. The lowest BCUT2D eigenvalue weighted by molar-refractivity contribution is -0.140. The molecule has 1 aliphatic rings. The molecular formula is C20H28F3N3O3. The second-order valence-corrected chi connectivity index (χ2v) is 6.91. The van der Waals surface area contributed by atoms with Gasteiger partial charge in [0.15, 0.2) is 0 Å². The van der Waals surface area contributed by atoms with Gasteiger partial charge in [-0.15, -0.1) is 0 Å². The van der Waals surface area contributed by atoms with Crippen molar-refractivity contribution in [1.29, 1.82) is 0 Å². The van der Waals surface area contributed by atoms with E-state index in [9.17, 15) is 22.8 Å². The second-order valence-electron chi connectivity index (χ2n) is 6.91. The van der Waals surface area contributed by atoms with Crippen molar-refractivity contribution in [2.24, 2.45) is 0 Å². The van der Waals surface area contributed by atoms with Gasteiger partial charge in [0, 0.05) is 13.1 Å². The zero-order valence-electron chi connectivity index (χ0n) is 17.0. The third-order valence-corrected chi connectivity index (χ3v) is 5.01. The molecule has 1 aliphatic heterocycles. The fraction of sp³-hybridized carbons (Fsp3) is 0.600. The molecule has 162 valence electrons. The molecule has 0 radical (unpaired) electrons. The number of carbonyl (C=O) groups excluding carboxylic acids is 2. The maximum Gasteiger partial charge on any atom is 0.416 e. The molecule has 0 unspecified atom stereocenters. The van der Waals surface area contributed by atoms with E-state index in [1.54, 1.807) is 16.7 Å². The van der Waals surface area contributed by atoms with Crippen LogP contribution in [0.25, 0.3) is 0 Å². The molecule has 1 N–H and O–H groups in total. The highest BCUT2D eigenvalue weighted by molar-refractivity contribution is 5.90. The quantitative estimate of drug-likeness (QED) is 0.743. The smallest absolute Gasteiger partial charge is 0.378 e. The van der Waals surface area contributed by atoms with E-state index in [-0.39, 0.29) is 11.5 Å². The topological polar surface area (TPSA) is 61.9 Å². The lowest BCUT2D eigenvalue weighted by Gasteiger charge is -2.32. The number of ether oxygens (including phenoxy) is 1. The Balaban J connectivity index is 2.23. The minimum Gasteiger partial charge on any atom is -0.378 e. The summed E-state index contributed by atoms with van der Waals surface area (Å²) >= 11 is 0. The van der Waals surface area contributed by atoms with E-state index in [1.165, 1.54) is 12.1 Å². The van der Waals surface area contributed by atoms with Crippen molar-refractivity contribution < 1.29 is 27.5 Å². The Labute approximate surface area is 169 Å². The lowest BCUT2D eigenvalue weighted by Crippen LogP contribution is -2.52. The fourth-order valence-corrected chi connectivity index (χ4v) is 3.41. The maximum absolute atomic E-state index is 13.1. The number of halogens is 3. The first-order valence-corrected chi connectivity index (χ1v) is 9.77. The Hall–Kier alpha value is -2.13. The molecule has 2 rings (SSSR count). The summed E-state index contributed by atoms with van der Waals surface area (Å²) in [6.07, 6.45) is -4.50. The minimum absolute atomic E-state index is 0.232. The molecule has 9 heteroatoms. The van der Waals surface area contributed by atoms with Crippen molar-refractivity contribution in [2.75, 3.05) is 39.4 Å². The van der Waals surface area contributed by atoms with Crippen LogP contribution < -0.4 is 5.32 Å².